The van der Waals surface area contributed by atoms with Crippen molar-refractivity contribution in [3.8, 4) is 11.8 Å². The van der Waals surface area contributed by atoms with Crippen LogP contribution >= 0.6 is 0 Å². The van der Waals surface area contributed by atoms with Gasteiger partial charge in [-0.05, 0) is 51.3 Å². The van der Waals surface area contributed by atoms with Crippen molar-refractivity contribution in [2.75, 3.05) is 6.61 Å². The maximum absolute atomic E-state index is 13.6. The molecule has 0 saturated heterocycles. The Morgan fingerprint density at radius 3 is 2.68 bits per heavy atom. The molecule has 0 bridgehead atoms. The fourth-order valence-electron chi connectivity index (χ4n) is 1.65. The molecule has 1 aromatic carbocycles. The number of aliphatic hydroxyl groups is 1. The smallest absolute Gasteiger partial charge is 0.165 e. The van der Waals surface area contributed by atoms with Crippen molar-refractivity contribution >= 4 is 0 Å². The van der Waals surface area contributed by atoms with Crippen LogP contribution in [-0.2, 0) is 0 Å². The first-order valence-electron chi connectivity index (χ1n) is 6.37. The number of nitrogens with zero attached hydrogens (tertiary/aromatic N) is 1. The molecule has 0 aromatic heterocycles. The molecule has 1 rings (SSSR count). The number of hydrogen-bond acceptors (Lipinski definition) is 3. The van der Waals surface area contributed by atoms with E-state index in [9.17, 15) is 9.50 Å². The lowest BCUT2D eigenvalue weighted by Crippen LogP contribution is -2.10. The minimum absolute atomic E-state index is 0.180. The summed E-state index contributed by atoms with van der Waals surface area (Å²) in [5.74, 6) is -0.294. The summed E-state index contributed by atoms with van der Waals surface area (Å²) in [5.41, 5.74) is 0.147. The first kappa shape index (κ1) is 15.5. The minimum Gasteiger partial charge on any atom is -0.491 e. The molecule has 0 aliphatic heterocycles. The largest absolute Gasteiger partial charge is 0.491 e. The lowest BCUT2D eigenvalue weighted by molar-refractivity contribution is 0.198. The zero-order valence-electron chi connectivity index (χ0n) is 11.6. The molecule has 0 aliphatic rings. The molecule has 0 heterocycles. The molecule has 0 radical (unpaired) electrons. The Kier molecular flexibility index (Phi) is 5.31. The zero-order chi connectivity index (χ0) is 14.5. The van der Waals surface area contributed by atoms with Crippen LogP contribution < -0.4 is 4.74 Å². The van der Waals surface area contributed by atoms with E-state index in [1.807, 2.05) is 13.8 Å². The van der Waals surface area contributed by atoms with Gasteiger partial charge in [-0.2, -0.15) is 5.26 Å². The molecule has 1 N–H and O–H groups in total. The SMILES string of the molecule is CC(O)c1ccc(OCCCC(C)(C)C#N)c(F)c1. The normalized spacial score (nSPS) is 12.8. The Balaban J connectivity index is 2.49. The van der Waals surface area contributed by atoms with E-state index in [0.29, 0.717) is 25.0 Å². The van der Waals surface area contributed by atoms with Crippen LogP contribution in [0.2, 0.25) is 0 Å². The average Bonchev–Trinajstić information content (AvgIpc) is 2.36. The zero-order valence-corrected chi connectivity index (χ0v) is 11.6. The van der Waals surface area contributed by atoms with Crippen LogP contribution in [0.4, 0.5) is 4.39 Å². The van der Waals surface area contributed by atoms with E-state index in [-0.39, 0.29) is 11.2 Å². The highest BCUT2D eigenvalue weighted by molar-refractivity contribution is 5.30. The first-order valence-corrected chi connectivity index (χ1v) is 6.37. The first-order chi connectivity index (χ1) is 8.85. The lowest BCUT2D eigenvalue weighted by atomic mass is 9.90. The Labute approximate surface area is 113 Å². The molecule has 0 spiro atoms. The summed E-state index contributed by atoms with van der Waals surface area (Å²) in [6.45, 7) is 5.69. The Bertz CT molecular complexity index is 464. The fraction of sp³-hybridized carbons (Fsp3) is 0.533. The number of rotatable bonds is 6. The molecule has 19 heavy (non-hydrogen) atoms. The number of hydrogen-bond donors (Lipinski definition) is 1. The van der Waals surface area contributed by atoms with Crippen LogP contribution in [0.1, 0.15) is 45.3 Å². The lowest BCUT2D eigenvalue weighted by Gasteiger charge is -2.15. The molecule has 3 nitrogen and oxygen atoms in total. The molecule has 0 amide bonds. The number of ether oxygens (including phenoxy) is 1. The third kappa shape index (κ3) is 4.88. The fourth-order valence-corrected chi connectivity index (χ4v) is 1.65. The van der Waals surface area contributed by atoms with Gasteiger partial charge in [0, 0.05) is 0 Å². The Morgan fingerprint density at radius 1 is 1.47 bits per heavy atom. The van der Waals surface area contributed by atoms with Crippen molar-refractivity contribution in [1.29, 1.82) is 5.26 Å². The second-order valence-electron chi connectivity index (χ2n) is 5.31. The van der Waals surface area contributed by atoms with Gasteiger partial charge in [-0.15, -0.1) is 0 Å². The van der Waals surface area contributed by atoms with E-state index in [4.69, 9.17) is 10.00 Å². The monoisotopic (exact) mass is 265 g/mol. The summed E-state index contributed by atoms with van der Waals surface area (Å²) >= 11 is 0. The van der Waals surface area contributed by atoms with Crippen LogP contribution in [0, 0.1) is 22.6 Å². The number of aliphatic hydroxyl groups excluding tert-OH is 1. The van der Waals surface area contributed by atoms with Gasteiger partial charge in [-0.3, -0.25) is 0 Å². The number of halogens is 1. The van der Waals surface area contributed by atoms with Crippen molar-refractivity contribution < 1.29 is 14.2 Å². The van der Waals surface area contributed by atoms with Gasteiger partial charge < -0.3 is 9.84 Å². The molecule has 4 heteroatoms. The molecule has 1 aromatic rings. The summed E-state index contributed by atoms with van der Waals surface area (Å²) < 4.78 is 19.0. The molecule has 1 atom stereocenters. The predicted molar refractivity (Wildman–Crippen MR) is 71.2 cm³/mol. The third-order valence-electron chi connectivity index (χ3n) is 2.94. The van der Waals surface area contributed by atoms with Crippen LogP contribution in [0.3, 0.4) is 0 Å². The van der Waals surface area contributed by atoms with Gasteiger partial charge in [-0.25, -0.2) is 4.39 Å². The van der Waals surface area contributed by atoms with Gasteiger partial charge in [0.05, 0.1) is 24.2 Å². The summed E-state index contributed by atoms with van der Waals surface area (Å²) in [4.78, 5) is 0. The maximum atomic E-state index is 13.6. The maximum Gasteiger partial charge on any atom is 0.165 e. The third-order valence-corrected chi connectivity index (χ3v) is 2.94. The summed E-state index contributed by atoms with van der Waals surface area (Å²) in [5, 5.41) is 18.2. The van der Waals surface area contributed by atoms with Crippen molar-refractivity contribution in [1.82, 2.24) is 0 Å². The van der Waals surface area contributed by atoms with Gasteiger partial charge in [-0.1, -0.05) is 6.07 Å². The van der Waals surface area contributed by atoms with E-state index < -0.39 is 11.9 Å². The van der Waals surface area contributed by atoms with E-state index in [0.717, 1.165) is 0 Å². The number of nitriles is 1. The molecule has 1 unspecified atom stereocenters. The quantitative estimate of drug-likeness (QED) is 0.800. The Morgan fingerprint density at radius 2 is 2.16 bits per heavy atom. The highest BCUT2D eigenvalue weighted by atomic mass is 19.1. The minimum atomic E-state index is -0.694. The topological polar surface area (TPSA) is 53.2 Å². The van der Waals surface area contributed by atoms with E-state index in [1.165, 1.54) is 12.1 Å². The highest BCUT2D eigenvalue weighted by Crippen LogP contribution is 2.24. The summed E-state index contributed by atoms with van der Waals surface area (Å²) in [6.07, 6.45) is 0.703. The molecule has 104 valence electrons. The second kappa shape index (κ2) is 6.53. The molecular formula is C15H20FNO2. The molecule has 0 saturated carbocycles. The van der Waals surface area contributed by atoms with E-state index in [2.05, 4.69) is 6.07 Å². The van der Waals surface area contributed by atoms with Gasteiger partial charge >= 0.3 is 0 Å². The van der Waals surface area contributed by atoms with Gasteiger partial charge in [0.15, 0.2) is 11.6 Å². The Hall–Kier alpha value is -1.60. The van der Waals surface area contributed by atoms with Gasteiger partial charge in [0.2, 0.25) is 0 Å². The number of benzene rings is 1. The van der Waals surface area contributed by atoms with Gasteiger partial charge in [0.1, 0.15) is 0 Å². The average molecular weight is 265 g/mol. The second-order valence-corrected chi connectivity index (χ2v) is 5.31. The van der Waals surface area contributed by atoms with Crippen molar-refractivity contribution in [3.63, 3.8) is 0 Å². The summed E-state index contributed by atoms with van der Waals surface area (Å²) in [6, 6.07) is 6.65. The van der Waals surface area contributed by atoms with Crippen LogP contribution in [0.25, 0.3) is 0 Å². The van der Waals surface area contributed by atoms with Crippen molar-refractivity contribution in [2.24, 2.45) is 5.41 Å². The van der Waals surface area contributed by atoms with E-state index >= 15 is 0 Å². The van der Waals surface area contributed by atoms with E-state index in [1.54, 1.807) is 13.0 Å². The highest BCUT2D eigenvalue weighted by Gasteiger charge is 2.16. The van der Waals surface area contributed by atoms with Crippen LogP contribution in [0.5, 0.6) is 5.75 Å². The van der Waals surface area contributed by atoms with Crippen molar-refractivity contribution in [3.05, 3.63) is 29.6 Å². The van der Waals surface area contributed by atoms with Crippen LogP contribution in [-0.4, -0.2) is 11.7 Å². The molecule has 0 fully saturated rings. The van der Waals surface area contributed by atoms with Crippen LogP contribution in [0.15, 0.2) is 18.2 Å². The predicted octanol–water partition coefficient (Wildman–Crippen LogP) is 3.59. The van der Waals surface area contributed by atoms with Crippen molar-refractivity contribution in [2.45, 2.75) is 39.7 Å². The summed E-state index contributed by atoms with van der Waals surface area (Å²) in [7, 11) is 0. The molecule has 0 aliphatic carbocycles. The van der Waals surface area contributed by atoms with Gasteiger partial charge in [0.25, 0.3) is 0 Å². The standard InChI is InChI=1S/C15H20FNO2/c1-11(18)12-5-6-14(13(16)9-12)19-8-4-7-15(2,3)10-17/h5-6,9,11,18H,4,7-8H2,1-3H3. The molecular weight excluding hydrogens is 245 g/mol.